The first-order valence-corrected chi connectivity index (χ1v) is 6.19. The molecule has 1 amide bonds. The summed E-state index contributed by atoms with van der Waals surface area (Å²) in [5.41, 5.74) is 1.17. The summed E-state index contributed by atoms with van der Waals surface area (Å²) in [6.45, 7) is 3.60. The van der Waals surface area contributed by atoms with Gasteiger partial charge in [-0.2, -0.15) is 0 Å². The monoisotopic (exact) mass is 249 g/mol. The molecule has 0 unspecified atom stereocenters. The van der Waals surface area contributed by atoms with Crippen molar-refractivity contribution in [1.82, 2.24) is 4.90 Å². The van der Waals surface area contributed by atoms with E-state index < -0.39 is 0 Å². The molecule has 1 aromatic carbocycles. The van der Waals surface area contributed by atoms with E-state index in [0.29, 0.717) is 19.7 Å². The van der Waals surface area contributed by atoms with E-state index in [1.54, 1.807) is 14.0 Å². The van der Waals surface area contributed by atoms with Crippen LogP contribution in [-0.2, 0) is 16.0 Å². The van der Waals surface area contributed by atoms with Gasteiger partial charge < -0.3 is 14.4 Å². The first kappa shape index (κ1) is 12.9. The summed E-state index contributed by atoms with van der Waals surface area (Å²) in [5.74, 6) is 0.973. The van der Waals surface area contributed by atoms with Crippen molar-refractivity contribution in [2.75, 3.05) is 26.8 Å². The third kappa shape index (κ3) is 3.23. The molecule has 98 valence electrons. The van der Waals surface area contributed by atoms with Gasteiger partial charge in [0.1, 0.15) is 5.75 Å². The van der Waals surface area contributed by atoms with Gasteiger partial charge in [0.05, 0.1) is 19.8 Å². The van der Waals surface area contributed by atoms with Gasteiger partial charge in [-0.1, -0.05) is 12.1 Å². The molecule has 4 heteroatoms. The van der Waals surface area contributed by atoms with Gasteiger partial charge in [-0.15, -0.1) is 0 Å². The van der Waals surface area contributed by atoms with E-state index >= 15 is 0 Å². The van der Waals surface area contributed by atoms with Gasteiger partial charge in [0, 0.05) is 26.4 Å². The standard InChI is InChI=1S/C14H19NO3/c1-11(16)15-6-7-18-14(10-15)9-12-4-3-5-13(8-12)17-2/h3-5,8,14H,6-7,9-10H2,1-2H3/t14-/m0/s1. The average molecular weight is 249 g/mol. The number of methoxy groups -OCH3 is 1. The van der Waals surface area contributed by atoms with Crippen LogP contribution in [0.5, 0.6) is 5.75 Å². The first-order valence-electron chi connectivity index (χ1n) is 6.19. The van der Waals surface area contributed by atoms with Crippen LogP contribution in [0.15, 0.2) is 24.3 Å². The predicted molar refractivity (Wildman–Crippen MR) is 68.7 cm³/mol. The van der Waals surface area contributed by atoms with Crippen molar-refractivity contribution >= 4 is 5.91 Å². The number of amides is 1. The number of morpholine rings is 1. The Bertz CT molecular complexity index is 419. The fourth-order valence-corrected chi connectivity index (χ4v) is 2.19. The Kier molecular flexibility index (Phi) is 4.20. The van der Waals surface area contributed by atoms with Crippen LogP contribution in [0.4, 0.5) is 0 Å². The van der Waals surface area contributed by atoms with Crippen LogP contribution in [0.25, 0.3) is 0 Å². The molecule has 1 aliphatic rings. The zero-order valence-corrected chi connectivity index (χ0v) is 10.9. The zero-order chi connectivity index (χ0) is 13.0. The Hall–Kier alpha value is -1.55. The number of carbonyl (C=O) groups excluding carboxylic acids is 1. The molecule has 0 radical (unpaired) electrons. The maximum Gasteiger partial charge on any atom is 0.219 e. The number of nitrogens with zero attached hydrogens (tertiary/aromatic N) is 1. The molecule has 1 saturated heterocycles. The predicted octanol–water partition coefficient (Wildman–Crippen LogP) is 1.49. The first-order chi connectivity index (χ1) is 8.69. The number of rotatable bonds is 3. The molecule has 1 aliphatic heterocycles. The highest BCUT2D eigenvalue weighted by atomic mass is 16.5. The van der Waals surface area contributed by atoms with Gasteiger partial charge in [0.25, 0.3) is 0 Å². The van der Waals surface area contributed by atoms with Gasteiger partial charge in [-0.25, -0.2) is 0 Å². The number of hydrogen-bond donors (Lipinski definition) is 0. The van der Waals surface area contributed by atoms with Crippen molar-refractivity contribution in [1.29, 1.82) is 0 Å². The van der Waals surface area contributed by atoms with E-state index in [4.69, 9.17) is 9.47 Å². The van der Waals surface area contributed by atoms with Gasteiger partial charge in [0.2, 0.25) is 5.91 Å². The van der Waals surface area contributed by atoms with Gasteiger partial charge in [-0.3, -0.25) is 4.79 Å². The van der Waals surface area contributed by atoms with Gasteiger partial charge in [0.15, 0.2) is 0 Å². The average Bonchev–Trinajstić information content (AvgIpc) is 2.39. The molecule has 0 saturated carbocycles. The summed E-state index contributed by atoms with van der Waals surface area (Å²) < 4.78 is 10.9. The lowest BCUT2D eigenvalue weighted by Crippen LogP contribution is -2.45. The fraction of sp³-hybridized carbons (Fsp3) is 0.500. The topological polar surface area (TPSA) is 38.8 Å². The van der Waals surface area contributed by atoms with Crippen molar-refractivity contribution in [2.45, 2.75) is 19.4 Å². The third-order valence-electron chi connectivity index (χ3n) is 3.18. The fourth-order valence-electron chi connectivity index (χ4n) is 2.19. The van der Waals surface area contributed by atoms with Crippen LogP contribution in [0, 0.1) is 0 Å². The quantitative estimate of drug-likeness (QED) is 0.814. The molecular weight excluding hydrogens is 230 g/mol. The summed E-state index contributed by atoms with van der Waals surface area (Å²) in [7, 11) is 1.66. The summed E-state index contributed by atoms with van der Waals surface area (Å²) in [6, 6.07) is 7.96. The minimum absolute atomic E-state index is 0.0785. The van der Waals surface area contributed by atoms with Crippen LogP contribution in [-0.4, -0.2) is 43.7 Å². The Morgan fingerprint density at radius 1 is 1.56 bits per heavy atom. The second-order valence-electron chi connectivity index (χ2n) is 4.51. The number of carbonyl (C=O) groups is 1. The largest absolute Gasteiger partial charge is 0.497 e. The minimum Gasteiger partial charge on any atom is -0.497 e. The molecule has 0 spiro atoms. The molecule has 1 aromatic rings. The van der Waals surface area contributed by atoms with E-state index in [1.165, 1.54) is 5.56 Å². The molecule has 1 fully saturated rings. The molecule has 4 nitrogen and oxygen atoms in total. The lowest BCUT2D eigenvalue weighted by Gasteiger charge is -2.32. The van der Waals surface area contributed by atoms with Crippen molar-refractivity contribution in [3.8, 4) is 5.75 Å². The van der Waals surface area contributed by atoms with Crippen molar-refractivity contribution < 1.29 is 14.3 Å². The molecule has 1 atom stereocenters. The molecule has 1 heterocycles. The van der Waals surface area contributed by atoms with E-state index in [2.05, 4.69) is 6.07 Å². The van der Waals surface area contributed by atoms with Crippen LogP contribution in [0.2, 0.25) is 0 Å². The van der Waals surface area contributed by atoms with Crippen LogP contribution in [0.1, 0.15) is 12.5 Å². The second-order valence-corrected chi connectivity index (χ2v) is 4.51. The second kappa shape index (κ2) is 5.87. The highest BCUT2D eigenvalue weighted by molar-refractivity contribution is 5.73. The zero-order valence-electron chi connectivity index (χ0n) is 10.9. The molecular formula is C14H19NO3. The van der Waals surface area contributed by atoms with Crippen LogP contribution >= 0.6 is 0 Å². The number of ether oxygens (including phenoxy) is 2. The highest BCUT2D eigenvalue weighted by Crippen LogP contribution is 2.16. The Morgan fingerprint density at radius 2 is 2.39 bits per heavy atom. The summed E-state index contributed by atoms with van der Waals surface area (Å²) in [6.07, 6.45) is 0.885. The molecule has 0 N–H and O–H groups in total. The summed E-state index contributed by atoms with van der Waals surface area (Å²) in [5, 5.41) is 0. The maximum absolute atomic E-state index is 11.3. The normalized spacial score (nSPS) is 19.7. The van der Waals surface area contributed by atoms with Crippen LogP contribution < -0.4 is 4.74 Å². The number of benzene rings is 1. The minimum atomic E-state index is 0.0785. The van der Waals surface area contributed by atoms with Crippen molar-refractivity contribution in [3.63, 3.8) is 0 Å². The SMILES string of the molecule is COc1cccc(C[C@H]2CN(C(C)=O)CCO2)c1. The molecule has 18 heavy (non-hydrogen) atoms. The van der Waals surface area contributed by atoms with Gasteiger partial charge >= 0.3 is 0 Å². The van der Waals surface area contributed by atoms with E-state index in [0.717, 1.165) is 12.2 Å². The third-order valence-corrected chi connectivity index (χ3v) is 3.18. The maximum atomic E-state index is 11.3. The lowest BCUT2D eigenvalue weighted by molar-refractivity contribution is -0.136. The van der Waals surface area contributed by atoms with Crippen molar-refractivity contribution in [3.05, 3.63) is 29.8 Å². The molecule has 0 bridgehead atoms. The number of hydrogen-bond acceptors (Lipinski definition) is 3. The van der Waals surface area contributed by atoms with E-state index in [-0.39, 0.29) is 12.0 Å². The Morgan fingerprint density at radius 3 is 3.11 bits per heavy atom. The Balaban J connectivity index is 1.97. The smallest absolute Gasteiger partial charge is 0.219 e. The molecule has 0 aliphatic carbocycles. The lowest BCUT2D eigenvalue weighted by atomic mass is 10.1. The van der Waals surface area contributed by atoms with Gasteiger partial charge in [-0.05, 0) is 17.7 Å². The van der Waals surface area contributed by atoms with E-state index in [1.807, 2.05) is 23.1 Å². The highest BCUT2D eigenvalue weighted by Gasteiger charge is 2.22. The summed E-state index contributed by atoms with van der Waals surface area (Å²) in [4.78, 5) is 13.2. The molecule has 2 rings (SSSR count). The van der Waals surface area contributed by atoms with Crippen molar-refractivity contribution in [2.24, 2.45) is 0 Å². The summed E-state index contributed by atoms with van der Waals surface area (Å²) >= 11 is 0. The molecule has 0 aromatic heterocycles. The Labute approximate surface area is 107 Å². The van der Waals surface area contributed by atoms with Crippen LogP contribution in [0.3, 0.4) is 0 Å². The van der Waals surface area contributed by atoms with E-state index in [9.17, 15) is 4.79 Å².